The summed E-state index contributed by atoms with van der Waals surface area (Å²) in [5.41, 5.74) is -0.556. The molecule has 0 aliphatic carbocycles. The maximum Gasteiger partial charge on any atom is 0.410 e. The van der Waals surface area contributed by atoms with Crippen molar-refractivity contribution in [3.63, 3.8) is 0 Å². The van der Waals surface area contributed by atoms with Crippen molar-refractivity contribution in [2.75, 3.05) is 18.4 Å². The third-order valence-electron chi connectivity index (χ3n) is 3.94. The molecule has 0 bridgehead atoms. The first-order valence-corrected chi connectivity index (χ1v) is 7.48. The van der Waals surface area contributed by atoms with Gasteiger partial charge in [0, 0.05) is 18.8 Å². The third-order valence-corrected chi connectivity index (χ3v) is 3.94. The minimum Gasteiger partial charge on any atom is -0.444 e. The van der Waals surface area contributed by atoms with Crippen LogP contribution >= 0.6 is 0 Å². The summed E-state index contributed by atoms with van der Waals surface area (Å²) in [5.74, 6) is -0.676. The van der Waals surface area contributed by atoms with Crippen molar-refractivity contribution in [2.45, 2.75) is 31.8 Å². The van der Waals surface area contributed by atoms with Gasteiger partial charge in [-0.1, -0.05) is 12.2 Å². The molecule has 0 aromatic heterocycles. The zero-order valence-corrected chi connectivity index (χ0v) is 13.4. The molecule has 6 heteroatoms. The van der Waals surface area contributed by atoms with E-state index < -0.39 is 22.9 Å². The summed E-state index contributed by atoms with van der Waals surface area (Å²) in [4.78, 5) is 26.3. The van der Waals surface area contributed by atoms with Crippen LogP contribution in [0.4, 0.5) is 14.9 Å². The largest absolute Gasteiger partial charge is 0.444 e. The molecule has 2 aliphatic rings. The van der Waals surface area contributed by atoms with E-state index in [2.05, 4.69) is 5.32 Å². The lowest BCUT2D eigenvalue weighted by atomic mass is 9.79. The Balaban J connectivity index is 1.94. The molecule has 1 aromatic carbocycles. The highest BCUT2D eigenvalue weighted by Gasteiger charge is 2.48. The number of benzene rings is 1. The number of hydrogen-bond donors (Lipinski definition) is 1. The summed E-state index contributed by atoms with van der Waals surface area (Å²) in [7, 11) is 0. The van der Waals surface area contributed by atoms with Crippen molar-refractivity contribution in [3.8, 4) is 0 Å². The molecule has 2 heterocycles. The van der Waals surface area contributed by atoms with E-state index in [4.69, 9.17) is 4.74 Å². The molecule has 122 valence electrons. The van der Waals surface area contributed by atoms with Gasteiger partial charge in [0.1, 0.15) is 16.8 Å². The van der Waals surface area contributed by atoms with Crippen LogP contribution < -0.4 is 5.32 Å². The van der Waals surface area contributed by atoms with Crippen LogP contribution in [0, 0.1) is 5.82 Å². The number of anilines is 1. The van der Waals surface area contributed by atoms with Crippen LogP contribution in [0.5, 0.6) is 0 Å². The Morgan fingerprint density at radius 2 is 2.13 bits per heavy atom. The fraction of sp³-hybridized carbons (Fsp3) is 0.412. The maximum atomic E-state index is 13.6. The van der Waals surface area contributed by atoms with Gasteiger partial charge in [-0.15, -0.1) is 0 Å². The average Bonchev–Trinajstić information content (AvgIpc) is 2.70. The second kappa shape index (κ2) is 5.08. The summed E-state index contributed by atoms with van der Waals surface area (Å²) >= 11 is 0. The van der Waals surface area contributed by atoms with E-state index >= 15 is 0 Å². The van der Waals surface area contributed by atoms with E-state index in [1.165, 1.54) is 23.1 Å². The Hall–Kier alpha value is -2.37. The Bertz CT molecular complexity index is 708. The van der Waals surface area contributed by atoms with Gasteiger partial charge in [-0.05, 0) is 44.5 Å². The van der Waals surface area contributed by atoms with Crippen molar-refractivity contribution in [3.05, 3.63) is 41.7 Å². The fourth-order valence-corrected chi connectivity index (χ4v) is 2.94. The number of nitrogens with one attached hydrogen (secondary N) is 1. The molecule has 1 atom stereocenters. The first kappa shape index (κ1) is 15.5. The summed E-state index contributed by atoms with van der Waals surface area (Å²) < 4.78 is 19.0. The SMILES string of the molecule is CC(C)(C)OC(=O)N1CC=CC2(C1)C(=O)Nc1ccc(F)cc12. The molecule has 0 saturated heterocycles. The summed E-state index contributed by atoms with van der Waals surface area (Å²) in [6.45, 7) is 5.84. The first-order chi connectivity index (χ1) is 10.7. The van der Waals surface area contributed by atoms with Crippen molar-refractivity contribution in [2.24, 2.45) is 0 Å². The van der Waals surface area contributed by atoms with Crippen LogP contribution in [0.3, 0.4) is 0 Å². The van der Waals surface area contributed by atoms with Gasteiger partial charge in [0.05, 0.1) is 0 Å². The van der Waals surface area contributed by atoms with E-state index in [-0.39, 0.29) is 12.5 Å². The standard InChI is InChI=1S/C17H19FN2O3/c1-16(2,3)23-15(22)20-8-4-7-17(10-20)12-9-11(18)5-6-13(12)19-14(17)21/h4-7,9H,8,10H2,1-3H3,(H,19,21). The van der Waals surface area contributed by atoms with E-state index in [0.29, 0.717) is 17.8 Å². The lowest BCUT2D eigenvalue weighted by Crippen LogP contribution is -2.50. The zero-order valence-electron chi connectivity index (χ0n) is 13.4. The third kappa shape index (κ3) is 2.69. The van der Waals surface area contributed by atoms with Crippen LogP contribution in [-0.4, -0.2) is 35.6 Å². The topological polar surface area (TPSA) is 58.6 Å². The van der Waals surface area contributed by atoms with Crippen LogP contribution in [0.2, 0.25) is 0 Å². The van der Waals surface area contributed by atoms with Gasteiger partial charge >= 0.3 is 6.09 Å². The van der Waals surface area contributed by atoms with Gasteiger partial charge < -0.3 is 15.0 Å². The number of carbonyl (C=O) groups excluding carboxylic acids is 2. The van der Waals surface area contributed by atoms with E-state index in [1.54, 1.807) is 32.9 Å². The molecular formula is C17H19FN2O3. The molecule has 0 radical (unpaired) electrons. The molecule has 0 saturated carbocycles. The van der Waals surface area contributed by atoms with E-state index in [1.807, 2.05) is 0 Å². The number of ether oxygens (including phenoxy) is 1. The molecule has 1 aromatic rings. The lowest BCUT2D eigenvalue weighted by Gasteiger charge is -2.35. The molecule has 1 spiro atoms. The smallest absolute Gasteiger partial charge is 0.410 e. The van der Waals surface area contributed by atoms with Gasteiger partial charge in [0.15, 0.2) is 0 Å². The molecule has 23 heavy (non-hydrogen) atoms. The monoisotopic (exact) mass is 318 g/mol. The number of carbonyl (C=O) groups is 2. The highest BCUT2D eigenvalue weighted by molar-refractivity contribution is 6.08. The summed E-state index contributed by atoms with van der Waals surface area (Å²) in [5, 5.41) is 2.76. The van der Waals surface area contributed by atoms with E-state index in [9.17, 15) is 14.0 Å². The number of rotatable bonds is 0. The summed E-state index contributed by atoms with van der Waals surface area (Å²) in [6, 6.07) is 4.18. The highest BCUT2D eigenvalue weighted by atomic mass is 19.1. The second-order valence-corrected chi connectivity index (χ2v) is 6.88. The summed E-state index contributed by atoms with van der Waals surface area (Å²) in [6.07, 6.45) is 3.00. The van der Waals surface area contributed by atoms with Crippen molar-refractivity contribution >= 4 is 17.7 Å². The molecule has 2 amide bonds. The van der Waals surface area contributed by atoms with E-state index in [0.717, 1.165) is 0 Å². The molecular weight excluding hydrogens is 299 g/mol. The number of hydrogen-bond acceptors (Lipinski definition) is 3. The first-order valence-electron chi connectivity index (χ1n) is 7.48. The van der Waals surface area contributed by atoms with Gasteiger partial charge in [-0.3, -0.25) is 4.79 Å². The van der Waals surface area contributed by atoms with Crippen LogP contribution in [-0.2, 0) is 14.9 Å². The van der Waals surface area contributed by atoms with Gasteiger partial charge in [0.25, 0.3) is 0 Å². The van der Waals surface area contributed by atoms with Crippen molar-refractivity contribution < 1.29 is 18.7 Å². The molecule has 3 rings (SSSR count). The quantitative estimate of drug-likeness (QED) is 0.748. The second-order valence-electron chi connectivity index (χ2n) is 6.88. The predicted molar refractivity (Wildman–Crippen MR) is 83.7 cm³/mol. The van der Waals surface area contributed by atoms with Crippen molar-refractivity contribution in [1.82, 2.24) is 4.90 Å². The zero-order chi connectivity index (χ0) is 16.8. The number of fused-ring (bicyclic) bond motifs is 2. The molecule has 1 unspecified atom stereocenters. The number of halogens is 1. The Labute approximate surface area is 134 Å². The minimum absolute atomic E-state index is 0.126. The minimum atomic E-state index is -1.06. The maximum absolute atomic E-state index is 13.6. The fourth-order valence-electron chi connectivity index (χ4n) is 2.94. The predicted octanol–water partition coefficient (Wildman–Crippen LogP) is 2.82. The van der Waals surface area contributed by atoms with Crippen LogP contribution in [0.1, 0.15) is 26.3 Å². The van der Waals surface area contributed by atoms with Gasteiger partial charge in [0.2, 0.25) is 5.91 Å². The Morgan fingerprint density at radius 1 is 1.39 bits per heavy atom. The van der Waals surface area contributed by atoms with Gasteiger partial charge in [-0.2, -0.15) is 0 Å². The molecule has 5 nitrogen and oxygen atoms in total. The number of nitrogens with zero attached hydrogens (tertiary/aromatic N) is 1. The lowest BCUT2D eigenvalue weighted by molar-refractivity contribution is -0.120. The molecule has 2 aliphatic heterocycles. The normalized spacial score (nSPS) is 23.0. The molecule has 1 N–H and O–H groups in total. The highest BCUT2D eigenvalue weighted by Crippen LogP contribution is 2.41. The van der Waals surface area contributed by atoms with Crippen LogP contribution in [0.25, 0.3) is 0 Å². The average molecular weight is 318 g/mol. The van der Waals surface area contributed by atoms with Crippen LogP contribution in [0.15, 0.2) is 30.4 Å². The Morgan fingerprint density at radius 3 is 2.83 bits per heavy atom. The van der Waals surface area contributed by atoms with Gasteiger partial charge in [-0.25, -0.2) is 9.18 Å². The Kier molecular flexibility index (Phi) is 3.43. The van der Waals surface area contributed by atoms with Crippen molar-refractivity contribution in [1.29, 1.82) is 0 Å². The molecule has 0 fully saturated rings. The number of amides is 2.